The van der Waals surface area contributed by atoms with Crippen LogP contribution in [0, 0.1) is 6.92 Å². The molecule has 1 aliphatic rings. The number of halogens is 1. The smallest absolute Gasteiger partial charge is 0.268 e. The highest BCUT2D eigenvalue weighted by molar-refractivity contribution is 9.10. The molecular formula is C17H16BrNO2. The third-order valence-corrected chi connectivity index (χ3v) is 4.05. The van der Waals surface area contributed by atoms with E-state index in [2.05, 4.69) is 35.0 Å². The number of benzene rings is 2. The number of carbonyl (C=O) groups excluding carboxylic acids is 1. The van der Waals surface area contributed by atoms with Gasteiger partial charge in [-0.15, -0.1) is 0 Å². The Hall–Kier alpha value is -1.81. The number of amides is 1. The molecule has 4 heteroatoms. The second-order valence-electron chi connectivity index (χ2n) is 5.29. The first-order valence-corrected chi connectivity index (χ1v) is 7.67. The van der Waals surface area contributed by atoms with Crippen molar-refractivity contribution in [2.24, 2.45) is 0 Å². The van der Waals surface area contributed by atoms with E-state index in [9.17, 15) is 4.79 Å². The van der Waals surface area contributed by atoms with Crippen molar-refractivity contribution in [3.8, 4) is 5.75 Å². The normalized spacial score (nSPS) is 17.4. The molecule has 3 rings (SSSR count). The van der Waals surface area contributed by atoms with Crippen LogP contribution in [0.4, 0.5) is 5.69 Å². The molecule has 2 aromatic carbocycles. The Kier molecular flexibility index (Phi) is 3.72. The van der Waals surface area contributed by atoms with E-state index in [0.717, 1.165) is 21.5 Å². The molecule has 0 radical (unpaired) electrons. The lowest BCUT2D eigenvalue weighted by molar-refractivity contribution is -0.125. The summed E-state index contributed by atoms with van der Waals surface area (Å²) in [5, 5.41) is 0. The van der Waals surface area contributed by atoms with Gasteiger partial charge in [-0.1, -0.05) is 45.8 Å². The maximum Gasteiger partial charge on any atom is 0.268 e. The first kappa shape index (κ1) is 14.1. The van der Waals surface area contributed by atoms with Gasteiger partial charge in [0.25, 0.3) is 5.91 Å². The van der Waals surface area contributed by atoms with E-state index in [1.807, 2.05) is 30.3 Å². The molecule has 0 unspecified atom stereocenters. The summed E-state index contributed by atoms with van der Waals surface area (Å²) in [6.45, 7) is 4.40. The molecule has 108 valence electrons. The van der Waals surface area contributed by atoms with Gasteiger partial charge >= 0.3 is 0 Å². The molecule has 0 N–H and O–H groups in total. The first-order chi connectivity index (χ1) is 10.0. The summed E-state index contributed by atoms with van der Waals surface area (Å²) < 4.78 is 6.64. The molecule has 0 fully saturated rings. The van der Waals surface area contributed by atoms with Gasteiger partial charge in [0, 0.05) is 4.47 Å². The largest absolute Gasteiger partial charge is 0.479 e. The van der Waals surface area contributed by atoms with Gasteiger partial charge in [-0.2, -0.15) is 0 Å². The number of nitrogens with zero attached hydrogens (tertiary/aromatic N) is 1. The molecule has 0 saturated carbocycles. The fraction of sp³-hybridized carbons (Fsp3) is 0.235. The Labute approximate surface area is 132 Å². The van der Waals surface area contributed by atoms with Crippen LogP contribution in [0.2, 0.25) is 0 Å². The highest BCUT2D eigenvalue weighted by atomic mass is 79.9. The molecule has 3 nitrogen and oxygen atoms in total. The van der Waals surface area contributed by atoms with Gasteiger partial charge in [0.15, 0.2) is 6.10 Å². The number of fused-ring (bicyclic) bond motifs is 1. The first-order valence-electron chi connectivity index (χ1n) is 6.88. The minimum absolute atomic E-state index is 0.00803. The third-order valence-electron chi connectivity index (χ3n) is 3.55. The number of hydrogen-bond acceptors (Lipinski definition) is 2. The molecule has 0 aliphatic carbocycles. The standard InChI is InChI=1S/C17H16BrNO2/c1-11-4-3-5-13(8-11)10-19-15-7-6-14(18)9-16(15)21-12(2)17(19)20/h3-9,12H,10H2,1-2H3/t12-/m1/s1. The number of rotatable bonds is 2. The quantitative estimate of drug-likeness (QED) is 0.820. The van der Waals surface area contributed by atoms with Crippen LogP contribution in [0.25, 0.3) is 0 Å². The topological polar surface area (TPSA) is 29.5 Å². The van der Waals surface area contributed by atoms with Crippen LogP contribution in [0.3, 0.4) is 0 Å². The Morgan fingerprint density at radius 1 is 1.24 bits per heavy atom. The Morgan fingerprint density at radius 3 is 2.81 bits per heavy atom. The number of anilines is 1. The van der Waals surface area contributed by atoms with Crippen molar-refractivity contribution >= 4 is 27.5 Å². The minimum Gasteiger partial charge on any atom is -0.479 e. The van der Waals surface area contributed by atoms with Crippen LogP contribution in [0.5, 0.6) is 5.75 Å². The number of hydrogen-bond donors (Lipinski definition) is 0. The highest BCUT2D eigenvalue weighted by Crippen LogP contribution is 2.37. The predicted molar refractivity (Wildman–Crippen MR) is 86.6 cm³/mol. The molecule has 1 amide bonds. The van der Waals surface area contributed by atoms with Gasteiger partial charge in [0.1, 0.15) is 5.75 Å². The maximum atomic E-state index is 12.5. The van der Waals surface area contributed by atoms with Crippen molar-refractivity contribution in [2.75, 3.05) is 4.90 Å². The van der Waals surface area contributed by atoms with E-state index in [0.29, 0.717) is 6.54 Å². The van der Waals surface area contributed by atoms with Gasteiger partial charge in [0.05, 0.1) is 12.2 Å². The fourth-order valence-corrected chi connectivity index (χ4v) is 2.88. The van der Waals surface area contributed by atoms with Gasteiger partial charge in [0.2, 0.25) is 0 Å². The fourth-order valence-electron chi connectivity index (χ4n) is 2.54. The lowest BCUT2D eigenvalue weighted by Crippen LogP contribution is -2.44. The van der Waals surface area contributed by atoms with E-state index < -0.39 is 6.10 Å². The van der Waals surface area contributed by atoms with Crippen LogP contribution in [0.1, 0.15) is 18.1 Å². The summed E-state index contributed by atoms with van der Waals surface area (Å²) in [4.78, 5) is 14.2. The summed E-state index contributed by atoms with van der Waals surface area (Å²) in [7, 11) is 0. The van der Waals surface area contributed by atoms with E-state index in [1.165, 1.54) is 5.56 Å². The second kappa shape index (κ2) is 5.53. The van der Waals surface area contributed by atoms with Gasteiger partial charge in [-0.3, -0.25) is 4.79 Å². The summed E-state index contributed by atoms with van der Waals surface area (Å²) in [5.41, 5.74) is 3.13. The second-order valence-corrected chi connectivity index (χ2v) is 6.20. The molecule has 0 spiro atoms. The molecular weight excluding hydrogens is 330 g/mol. The number of carbonyl (C=O) groups is 1. The Morgan fingerprint density at radius 2 is 2.05 bits per heavy atom. The van der Waals surface area contributed by atoms with Crippen LogP contribution < -0.4 is 9.64 Å². The van der Waals surface area contributed by atoms with Crippen molar-refractivity contribution < 1.29 is 9.53 Å². The van der Waals surface area contributed by atoms with Crippen LogP contribution in [0.15, 0.2) is 46.9 Å². The summed E-state index contributed by atoms with van der Waals surface area (Å²) in [6.07, 6.45) is -0.461. The molecule has 1 aliphatic heterocycles. The molecule has 1 heterocycles. The van der Waals surface area contributed by atoms with Crippen LogP contribution >= 0.6 is 15.9 Å². The highest BCUT2D eigenvalue weighted by Gasteiger charge is 2.31. The Balaban J connectivity index is 1.99. The van der Waals surface area contributed by atoms with Crippen molar-refractivity contribution in [1.82, 2.24) is 0 Å². The zero-order valence-electron chi connectivity index (χ0n) is 12.0. The molecule has 1 atom stereocenters. The summed E-state index contributed by atoms with van der Waals surface area (Å²) in [6, 6.07) is 14.0. The molecule has 2 aromatic rings. The van der Waals surface area contributed by atoms with Crippen LogP contribution in [-0.4, -0.2) is 12.0 Å². The zero-order valence-corrected chi connectivity index (χ0v) is 13.6. The zero-order chi connectivity index (χ0) is 15.0. The number of aryl methyl sites for hydroxylation is 1. The molecule has 21 heavy (non-hydrogen) atoms. The van der Waals surface area contributed by atoms with E-state index in [-0.39, 0.29) is 5.91 Å². The van der Waals surface area contributed by atoms with Crippen LogP contribution in [-0.2, 0) is 11.3 Å². The summed E-state index contributed by atoms with van der Waals surface area (Å²) >= 11 is 3.44. The monoisotopic (exact) mass is 345 g/mol. The average molecular weight is 346 g/mol. The van der Waals surface area contributed by atoms with Gasteiger partial charge in [-0.05, 0) is 37.6 Å². The van der Waals surface area contributed by atoms with E-state index in [1.54, 1.807) is 11.8 Å². The molecule has 0 aromatic heterocycles. The lowest BCUT2D eigenvalue weighted by Gasteiger charge is -2.33. The van der Waals surface area contributed by atoms with Gasteiger partial charge < -0.3 is 9.64 Å². The number of ether oxygens (including phenoxy) is 1. The summed E-state index contributed by atoms with van der Waals surface area (Å²) in [5.74, 6) is 0.732. The lowest BCUT2D eigenvalue weighted by atomic mass is 10.1. The Bertz CT molecular complexity index is 699. The SMILES string of the molecule is Cc1cccc(CN2C(=O)[C@@H](C)Oc3cc(Br)ccc32)c1. The van der Waals surface area contributed by atoms with E-state index >= 15 is 0 Å². The third kappa shape index (κ3) is 2.81. The van der Waals surface area contributed by atoms with Crippen molar-refractivity contribution in [3.05, 3.63) is 58.1 Å². The van der Waals surface area contributed by atoms with Crippen molar-refractivity contribution in [3.63, 3.8) is 0 Å². The predicted octanol–water partition coefficient (Wildman–Crippen LogP) is 4.07. The van der Waals surface area contributed by atoms with Gasteiger partial charge in [-0.25, -0.2) is 0 Å². The van der Waals surface area contributed by atoms with E-state index in [4.69, 9.17) is 4.74 Å². The maximum absolute atomic E-state index is 12.5. The molecule has 0 saturated heterocycles. The van der Waals surface area contributed by atoms with Crippen molar-refractivity contribution in [2.45, 2.75) is 26.5 Å². The van der Waals surface area contributed by atoms with Crippen molar-refractivity contribution in [1.29, 1.82) is 0 Å². The minimum atomic E-state index is -0.461. The average Bonchev–Trinajstić information content (AvgIpc) is 2.44. The molecule has 0 bridgehead atoms.